The van der Waals surface area contributed by atoms with Gasteiger partial charge in [-0.2, -0.15) is 5.26 Å². The molecule has 1 heterocycles. The normalized spacial score (nSPS) is 16.6. The minimum absolute atomic E-state index is 0.776. The molecule has 0 aromatic heterocycles. The van der Waals surface area contributed by atoms with Gasteiger partial charge in [0.05, 0.1) is 11.3 Å². The second kappa shape index (κ2) is 6.24. The van der Waals surface area contributed by atoms with Crippen LogP contribution in [0.3, 0.4) is 0 Å². The maximum Gasteiger partial charge on any atom is 0.101 e. The summed E-state index contributed by atoms with van der Waals surface area (Å²) in [4.78, 5) is 2.36. The average Bonchev–Trinajstić information content (AvgIpc) is 2.40. The summed E-state index contributed by atoms with van der Waals surface area (Å²) in [7, 11) is 0. The molecule has 0 saturated carbocycles. The fourth-order valence-corrected chi connectivity index (χ4v) is 3.11. The monoisotopic (exact) mass is 306 g/mol. The predicted molar refractivity (Wildman–Crippen MR) is 78.7 cm³/mol. The summed E-state index contributed by atoms with van der Waals surface area (Å²) in [6.45, 7) is 4.43. The first-order valence-electron chi connectivity index (χ1n) is 6.69. The molecule has 96 valence electrons. The third-order valence-electron chi connectivity index (χ3n) is 3.73. The molecule has 3 heteroatoms. The van der Waals surface area contributed by atoms with Crippen LogP contribution in [0, 0.1) is 17.2 Å². The van der Waals surface area contributed by atoms with Gasteiger partial charge in [-0.25, -0.2) is 0 Å². The lowest BCUT2D eigenvalue weighted by molar-refractivity contribution is 0.378. The summed E-state index contributed by atoms with van der Waals surface area (Å²) in [6.07, 6.45) is 5.15. The Morgan fingerprint density at radius 2 is 2.11 bits per heavy atom. The first-order valence-corrected chi connectivity index (χ1v) is 7.48. The van der Waals surface area contributed by atoms with Crippen LogP contribution in [0.5, 0.6) is 0 Å². The van der Waals surface area contributed by atoms with Crippen molar-refractivity contribution in [3.63, 3.8) is 0 Å². The molecule has 0 N–H and O–H groups in total. The Morgan fingerprint density at radius 3 is 2.72 bits per heavy atom. The van der Waals surface area contributed by atoms with Crippen molar-refractivity contribution >= 4 is 21.6 Å². The van der Waals surface area contributed by atoms with E-state index in [0.29, 0.717) is 0 Å². The molecule has 1 aromatic rings. The fraction of sp³-hybridized carbons (Fsp3) is 0.533. The van der Waals surface area contributed by atoms with Gasteiger partial charge in [0.15, 0.2) is 0 Å². The van der Waals surface area contributed by atoms with Crippen molar-refractivity contribution in [2.24, 2.45) is 5.92 Å². The Kier molecular flexibility index (Phi) is 4.66. The zero-order valence-corrected chi connectivity index (χ0v) is 12.4. The zero-order valence-electron chi connectivity index (χ0n) is 10.8. The molecule has 1 fully saturated rings. The quantitative estimate of drug-likeness (QED) is 0.830. The summed E-state index contributed by atoms with van der Waals surface area (Å²) in [5, 5.41) is 9.21. The van der Waals surface area contributed by atoms with Gasteiger partial charge >= 0.3 is 0 Å². The molecule has 2 rings (SSSR count). The lowest BCUT2D eigenvalue weighted by atomic mass is 9.92. The number of nitrogens with zero attached hydrogens (tertiary/aromatic N) is 2. The molecule has 0 bridgehead atoms. The lowest BCUT2D eigenvalue weighted by Crippen LogP contribution is -2.34. The minimum Gasteiger partial charge on any atom is -0.370 e. The highest BCUT2D eigenvalue weighted by Gasteiger charge is 2.20. The molecule has 2 nitrogen and oxygen atoms in total. The fourth-order valence-electron chi connectivity index (χ4n) is 2.74. The first-order chi connectivity index (χ1) is 8.74. The number of piperidine rings is 1. The Balaban J connectivity index is 2.08. The highest BCUT2D eigenvalue weighted by atomic mass is 79.9. The first kappa shape index (κ1) is 13.4. The lowest BCUT2D eigenvalue weighted by Gasteiger charge is -2.34. The molecule has 1 aliphatic heterocycles. The van der Waals surface area contributed by atoms with Crippen LogP contribution in [-0.4, -0.2) is 13.1 Å². The zero-order chi connectivity index (χ0) is 13.0. The average molecular weight is 307 g/mol. The standard InChI is InChI=1S/C15H19BrN2/c1-2-3-12-6-8-18(9-7-12)15-5-4-14(16)10-13(15)11-17/h4-5,10,12H,2-3,6-9H2,1H3. The van der Waals surface area contributed by atoms with Crippen LogP contribution in [-0.2, 0) is 0 Å². The minimum atomic E-state index is 0.776. The van der Waals surface area contributed by atoms with E-state index in [1.165, 1.54) is 25.7 Å². The van der Waals surface area contributed by atoms with Crippen molar-refractivity contribution in [1.82, 2.24) is 0 Å². The van der Waals surface area contributed by atoms with Crippen LogP contribution in [0.1, 0.15) is 38.2 Å². The molecule has 0 spiro atoms. The van der Waals surface area contributed by atoms with E-state index in [1.807, 2.05) is 12.1 Å². The number of nitriles is 1. The molecular formula is C15H19BrN2. The summed E-state index contributed by atoms with van der Waals surface area (Å²) >= 11 is 3.42. The van der Waals surface area contributed by atoms with Gasteiger partial charge in [0.2, 0.25) is 0 Å². The van der Waals surface area contributed by atoms with Gasteiger partial charge < -0.3 is 4.90 Å². The summed E-state index contributed by atoms with van der Waals surface area (Å²) < 4.78 is 0.976. The summed E-state index contributed by atoms with van der Waals surface area (Å²) in [5.74, 6) is 0.882. The molecule has 0 atom stereocenters. The third kappa shape index (κ3) is 3.05. The van der Waals surface area contributed by atoms with Gasteiger partial charge in [0.1, 0.15) is 6.07 Å². The van der Waals surface area contributed by atoms with Gasteiger partial charge in [0, 0.05) is 17.6 Å². The van der Waals surface area contributed by atoms with Crippen LogP contribution in [0.4, 0.5) is 5.69 Å². The maximum absolute atomic E-state index is 9.21. The van der Waals surface area contributed by atoms with E-state index in [2.05, 4.69) is 39.9 Å². The van der Waals surface area contributed by atoms with Crippen LogP contribution in [0.2, 0.25) is 0 Å². The van der Waals surface area contributed by atoms with E-state index in [9.17, 15) is 5.26 Å². The van der Waals surface area contributed by atoms with Crippen LogP contribution in [0.15, 0.2) is 22.7 Å². The maximum atomic E-state index is 9.21. The number of hydrogen-bond acceptors (Lipinski definition) is 2. The van der Waals surface area contributed by atoms with Crippen molar-refractivity contribution in [3.05, 3.63) is 28.2 Å². The third-order valence-corrected chi connectivity index (χ3v) is 4.22. The van der Waals surface area contributed by atoms with Crippen LogP contribution < -0.4 is 4.90 Å². The Hall–Kier alpha value is -1.01. The molecular weight excluding hydrogens is 288 g/mol. The predicted octanol–water partition coefficient (Wildman–Crippen LogP) is 4.34. The second-order valence-electron chi connectivity index (χ2n) is 4.99. The number of rotatable bonds is 3. The Bertz CT molecular complexity index is 442. The molecule has 0 aliphatic carbocycles. The van der Waals surface area contributed by atoms with Gasteiger partial charge in [-0.05, 0) is 37.0 Å². The van der Waals surface area contributed by atoms with Crippen molar-refractivity contribution in [2.75, 3.05) is 18.0 Å². The van der Waals surface area contributed by atoms with Crippen molar-refractivity contribution in [3.8, 4) is 6.07 Å². The van der Waals surface area contributed by atoms with E-state index >= 15 is 0 Å². The van der Waals surface area contributed by atoms with Gasteiger partial charge in [-0.3, -0.25) is 0 Å². The highest BCUT2D eigenvalue weighted by molar-refractivity contribution is 9.10. The van der Waals surface area contributed by atoms with Crippen LogP contribution >= 0.6 is 15.9 Å². The Morgan fingerprint density at radius 1 is 1.39 bits per heavy atom. The molecule has 1 aromatic carbocycles. The van der Waals surface area contributed by atoms with E-state index in [1.54, 1.807) is 0 Å². The summed E-state index contributed by atoms with van der Waals surface area (Å²) in [6, 6.07) is 8.29. The molecule has 18 heavy (non-hydrogen) atoms. The van der Waals surface area contributed by atoms with E-state index in [4.69, 9.17) is 0 Å². The van der Waals surface area contributed by atoms with Gasteiger partial charge in [-0.15, -0.1) is 0 Å². The van der Waals surface area contributed by atoms with Gasteiger partial charge in [0.25, 0.3) is 0 Å². The van der Waals surface area contributed by atoms with Crippen molar-refractivity contribution in [2.45, 2.75) is 32.6 Å². The molecule has 1 saturated heterocycles. The highest BCUT2D eigenvalue weighted by Crippen LogP contribution is 2.29. The topological polar surface area (TPSA) is 27.0 Å². The van der Waals surface area contributed by atoms with E-state index in [-0.39, 0.29) is 0 Å². The number of halogens is 1. The smallest absolute Gasteiger partial charge is 0.101 e. The van der Waals surface area contributed by atoms with Crippen molar-refractivity contribution < 1.29 is 0 Å². The number of anilines is 1. The number of hydrogen-bond donors (Lipinski definition) is 0. The molecule has 0 amide bonds. The summed E-state index contributed by atoms with van der Waals surface area (Å²) in [5.41, 5.74) is 1.87. The second-order valence-corrected chi connectivity index (χ2v) is 5.91. The van der Waals surface area contributed by atoms with Crippen LogP contribution in [0.25, 0.3) is 0 Å². The molecule has 0 unspecified atom stereocenters. The van der Waals surface area contributed by atoms with E-state index < -0.39 is 0 Å². The SMILES string of the molecule is CCCC1CCN(c2ccc(Br)cc2C#N)CC1. The molecule has 1 aliphatic rings. The van der Waals surface area contributed by atoms with Crippen molar-refractivity contribution in [1.29, 1.82) is 5.26 Å². The Labute approximate surface area is 118 Å². The molecule has 0 radical (unpaired) electrons. The van der Waals surface area contributed by atoms with E-state index in [0.717, 1.165) is 34.7 Å². The number of benzene rings is 1. The largest absolute Gasteiger partial charge is 0.370 e. The van der Waals surface area contributed by atoms with Gasteiger partial charge in [-0.1, -0.05) is 35.7 Å².